The molecule has 3 aliphatic rings. The van der Waals surface area contributed by atoms with Gasteiger partial charge in [0.2, 0.25) is 0 Å². The summed E-state index contributed by atoms with van der Waals surface area (Å²) in [7, 11) is 0. The van der Waals surface area contributed by atoms with Crippen LogP contribution in [0.3, 0.4) is 0 Å². The summed E-state index contributed by atoms with van der Waals surface area (Å²) in [5.74, 6) is -1.28. The standard InChI is InChI=1S/C9H4F6O/c10-8(11,12)4-3-1-2-7(3)6(16-7)5(4)9(13,14)15/h1-3,6H. The Morgan fingerprint density at radius 1 is 1.00 bits per heavy atom. The van der Waals surface area contributed by atoms with E-state index in [0.29, 0.717) is 0 Å². The van der Waals surface area contributed by atoms with Crippen LogP contribution in [0.25, 0.3) is 0 Å². The first-order valence-electron chi connectivity index (χ1n) is 4.43. The number of epoxide rings is 1. The highest BCUT2D eigenvalue weighted by molar-refractivity contribution is 5.56. The van der Waals surface area contributed by atoms with Crippen molar-refractivity contribution in [2.24, 2.45) is 5.92 Å². The van der Waals surface area contributed by atoms with E-state index in [1.165, 1.54) is 6.08 Å². The van der Waals surface area contributed by atoms with E-state index in [9.17, 15) is 26.3 Å². The van der Waals surface area contributed by atoms with Gasteiger partial charge in [0.25, 0.3) is 0 Å². The minimum Gasteiger partial charge on any atom is -0.355 e. The molecule has 1 heterocycles. The molecule has 3 rings (SSSR count). The van der Waals surface area contributed by atoms with E-state index < -0.39 is 41.1 Å². The monoisotopic (exact) mass is 242 g/mol. The van der Waals surface area contributed by atoms with Crippen LogP contribution in [0.4, 0.5) is 26.3 Å². The zero-order valence-electron chi connectivity index (χ0n) is 7.49. The summed E-state index contributed by atoms with van der Waals surface area (Å²) in [6, 6.07) is 0. The van der Waals surface area contributed by atoms with Crippen molar-refractivity contribution in [1.29, 1.82) is 0 Å². The third kappa shape index (κ3) is 0.971. The topological polar surface area (TPSA) is 12.5 Å². The molecule has 0 aromatic heterocycles. The SMILES string of the molecule is FC(F)(F)C1=C(C(F)(F)F)C2OC23C=CC13. The molecule has 0 aromatic carbocycles. The van der Waals surface area contributed by atoms with Gasteiger partial charge in [-0.3, -0.25) is 0 Å². The predicted molar refractivity (Wildman–Crippen MR) is 39.4 cm³/mol. The number of hydrogen-bond acceptors (Lipinski definition) is 1. The van der Waals surface area contributed by atoms with E-state index in [1.807, 2.05) is 0 Å². The highest BCUT2D eigenvalue weighted by atomic mass is 19.4. The molecule has 2 aliphatic carbocycles. The van der Waals surface area contributed by atoms with Crippen LogP contribution in [0.15, 0.2) is 23.3 Å². The molecule has 1 saturated heterocycles. The van der Waals surface area contributed by atoms with Crippen molar-refractivity contribution < 1.29 is 31.1 Å². The average molecular weight is 242 g/mol. The second-order valence-electron chi connectivity index (χ2n) is 4.01. The maximum Gasteiger partial charge on any atom is 0.415 e. The van der Waals surface area contributed by atoms with Gasteiger partial charge in [0.05, 0.1) is 11.1 Å². The van der Waals surface area contributed by atoms with Crippen LogP contribution in [-0.4, -0.2) is 24.1 Å². The molecule has 0 radical (unpaired) electrons. The van der Waals surface area contributed by atoms with Crippen molar-refractivity contribution in [3.8, 4) is 0 Å². The largest absolute Gasteiger partial charge is 0.415 e. The van der Waals surface area contributed by atoms with Crippen molar-refractivity contribution in [3.63, 3.8) is 0 Å². The second kappa shape index (κ2) is 2.32. The van der Waals surface area contributed by atoms with Crippen molar-refractivity contribution in [2.45, 2.75) is 24.1 Å². The van der Waals surface area contributed by atoms with Crippen LogP contribution in [0.2, 0.25) is 0 Å². The molecule has 3 unspecified atom stereocenters. The normalized spacial score (nSPS) is 40.6. The van der Waals surface area contributed by atoms with Crippen LogP contribution >= 0.6 is 0 Å². The Kier molecular flexibility index (Phi) is 1.48. The molecule has 0 saturated carbocycles. The smallest absolute Gasteiger partial charge is 0.355 e. The second-order valence-corrected chi connectivity index (χ2v) is 4.01. The van der Waals surface area contributed by atoms with Crippen molar-refractivity contribution >= 4 is 0 Å². The lowest BCUT2D eigenvalue weighted by Crippen LogP contribution is -2.33. The van der Waals surface area contributed by atoms with E-state index in [0.717, 1.165) is 6.08 Å². The molecule has 16 heavy (non-hydrogen) atoms. The van der Waals surface area contributed by atoms with Crippen LogP contribution in [0.1, 0.15) is 0 Å². The zero-order valence-corrected chi connectivity index (χ0v) is 7.49. The van der Waals surface area contributed by atoms with Crippen LogP contribution in [0, 0.1) is 5.92 Å². The van der Waals surface area contributed by atoms with Crippen LogP contribution < -0.4 is 0 Å². The molecule has 0 aromatic rings. The molecule has 1 nitrogen and oxygen atoms in total. The fourth-order valence-electron chi connectivity index (χ4n) is 2.46. The Labute approximate surface area is 85.4 Å². The van der Waals surface area contributed by atoms with Gasteiger partial charge in [-0.1, -0.05) is 12.2 Å². The van der Waals surface area contributed by atoms with Gasteiger partial charge in [-0.05, 0) is 0 Å². The van der Waals surface area contributed by atoms with Gasteiger partial charge in [-0.2, -0.15) is 26.3 Å². The van der Waals surface area contributed by atoms with Crippen molar-refractivity contribution in [2.75, 3.05) is 0 Å². The first kappa shape index (κ1) is 10.2. The fourth-order valence-corrected chi connectivity index (χ4v) is 2.46. The summed E-state index contributed by atoms with van der Waals surface area (Å²) in [6.45, 7) is 0. The van der Waals surface area contributed by atoms with Gasteiger partial charge in [-0.25, -0.2) is 0 Å². The average Bonchev–Trinajstić information content (AvgIpc) is 2.69. The molecule has 0 amide bonds. The molecule has 1 aliphatic heterocycles. The van der Waals surface area contributed by atoms with E-state index in [1.54, 1.807) is 0 Å². The minimum absolute atomic E-state index is 1.11. The first-order chi connectivity index (χ1) is 7.18. The Balaban J connectivity index is 2.14. The summed E-state index contributed by atoms with van der Waals surface area (Å²) in [4.78, 5) is 0. The van der Waals surface area contributed by atoms with Crippen LogP contribution in [0.5, 0.6) is 0 Å². The Morgan fingerprint density at radius 3 is 1.94 bits per heavy atom. The molecule has 1 fully saturated rings. The molecule has 1 spiro atoms. The summed E-state index contributed by atoms with van der Waals surface area (Å²) >= 11 is 0. The number of hydrogen-bond donors (Lipinski definition) is 0. The summed E-state index contributed by atoms with van der Waals surface area (Å²) < 4.78 is 79.9. The quantitative estimate of drug-likeness (QED) is 0.361. The van der Waals surface area contributed by atoms with Gasteiger partial charge in [0.1, 0.15) is 11.7 Å². The van der Waals surface area contributed by atoms with E-state index in [-0.39, 0.29) is 0 Å². The van der Waals surface area contributed by atoms with E-state index in [4.69, 9.17) is 4.74 Å². The van der Waals surface area contributed by atoms with Gasteiger partial charge in [0, 0.05) is 5.92 Å². The molecular formula is C9H4F6O. The molecule has 3 atom stereocenters. The minimum atomic E-state index is -4.99. The molecular weight excluding hydrogens is 238 g/mol. The molecule has 88 valence electrons. The molecule has 0 bridgehead atoms. The third-order valence-corrected chi connectivity index (χ3v) is 3.18. The highest BCUT2D eigenvalue weighted by Crippen LogP contribution is 2.67. The fraction of sp³-hybridized carbons (Fsp3) is 0.556. The lowest BCUT2D eigenvalue weighted by atomic mass is 9.80. The van der Waals surface area contributed by atoms with Crippen molar-refractivity contribution in [3.05, 3.63) is 23.3 Å². The van der Waals surface area contributed by atoms with E-state index >= 15 is 0 Å². The number of alkyl halides is 6. The maximum atomic E-state index is 12.5. The Morgan fingerprint density at radius 2 is 1.56 bits per heavy atom. The summed E-state index contributed by atoms with van der Waals surface area (Å²) in [6.07, 6.45) is -9.02. The summed E-state index contributed by atoms with van der Waals surface area (Å²) in [5.41, 5.74) is -4.39. The predicted octanol–water partition coefficient (Wildman–Crippen LogP) is 2.74. The Hall–Kier alpha value is -0.980. The van der Waals surface area contributed by atoms with Crippen LogP contribution in [-0.2, 0) is 4.74 Å². The lowest BCUT2D eigenvalue weighted by molar-refractivity contribution is -0.122. The maximum absolute atomic E-state index is 12.5. The molecule has 0 N–H and O–H groups in total. The van der Waals surface area contributed by atoms with Gasteiger partial charge < -0.3 is 4.74 Å². The van der Waals surface area contributed by atoms with Gasteiger partial charge in [-0.15, -0.1) is 0 Å². The Bertz CT molecular complexity index is 428. The van der Waals surface area contributed by atoms with Crippen molar-refractivity contribution in [1.82, 2.24) is 0 Å². The third-order valence-electron chi connectivity index (χ3n) is 3.18. The number of halogens is 6. The first-order valence-corrected chi connectivity index (χ1v) is 4.43. The zero-order chi connectivity index (χ0) is 11.9. The van der Waals surface area contributed by atoms with E-state index in [2.05, 4.69) is 0 Å². The molecule has 7 heteroatoms. The highest BCUT2D eigenvalue weighted by Gasteiger charge is 2.77. The lowest BCUT2D eigenvalue weighted by Gasteiger charge is -2.27. The summed E-state index contributed by atoms with van der Waals surface area (Å²) in [5, 5.41) is 0. The number of ether oxygens (including phenoxy) is 1. The van der Waals surface area contributed by atoms with Gasteiger partial charge >= 0.3 is 12.4 Å². The number of rotatable bonds is 0. The van der Waals surface area contributed by atoms with Gasteiger partial charge in [0.15, 0.2) is 0 Å².